The first-order valence-electron chi connectivity index (χ1n) is 7.02. The molecule has 1 saturated carbocycles. The molecule has 0 spiro atoms. The first-order valence-corrected chi connectivity index (χ1v) is 7.82. The van der Waals surface area contributed by atoms with Gasteiger partial charge in [0.2, 0.25) is 0 Å². The number of hydrogen-bond acceptors (Lipinski definition) is 2. The molecule has 1 aliphatic carbocycles. The summed E-state index contributed by atoms with van der Waals surface area (Å²) < 4.78 is 19.7. The maximum absolute atomic E-state index is 13.3. The second kappa shape index (κ2) is 7.98. The lowest BCUT2D eigenvalue weighted by Crippen LogP contribution is -2.24. The number of ether oxygens (including phenoxy) is 1. The Hall–Kier alpha value is -0.450. The second-order valence-electron chi connectivity index (χ2n) is 5.02. The molecule has 19 heavy (non-hydrogen) atoms. The summed E-state index contributed by atoms with van der Waals surface area (Å²) in [7, 11) is 0. The van der Waals surface area contributed by atoms with E-state index in [9.17, 15) is 4.39 Å². The van der Waals surface area contributed by atoms with Crippen LogP contribution >= 0.6 is 15.9 Å². The highest BCUT2D eigenvalue weighted by atomic mass is 79.9. The van der Waals surface area contributed by atoms with Crippen LogP contribution in [-0.4, -0.2) is 19.3 Å². The van der Waals surface area contributed by atoms with E-state index in [1.54, 1.807) is 6.07 Å². The average Bonchev–Trinajstić information content (AvgIpc) is 2.44. The first kappa shape index (κ1) is 14.9. The number of benzene rings is 1. The fourth-order valence-electron chi connectivity index (χ4n) is 2.44. The molecule has 1 aromatic rings. The maximum Gasteiger partial charge on any atom is 0.137 e. The van der Waals surface area contributed by atoms with Crippen LogP contribution in [-0.2, 0) is 11.3 Å². The third-order valence-electron chi connectivity index (χ3n) is 3.53. The third kappa shape index (κ3) is 4.86. The molecule has 1 aromatic carbocycles. The van der Waals surface area contributed by atoms with E-state index in [2.05, 4.69) is 21.2 Å². The Balaban J connectivity index is 1.62. The van der Waals surface area contributed by atoms with Gasteiger partial charge in [0.1, 0.15) is 5.82 Å². The van der Waals surface area contributed by atoms with Gasteiger partial charge in [0.05, 0.1) is 17.2 Å². The molecular formula is C15H21BrFNO. The molecule has 0 amide bonds. The number of rotatable bonds is 6. The lowest BCUT2D eigenvalue weighted by Gasteiger charge is -2.22. The predicted molar refractivity (Wildman–Crippen MR) is 78.6 cm³/mol. The molecule has 0 radical (unpaired) electrons. The summed E-state index contributed by atoms with van der Waals surface area (Å²) >= 11 is 3.27. The number of nitrogens with one attached hydrogen (secondary N) is 1. The Morgan fingerprint density at radius 2 is 2.05 bits per heavy atom. The van der Waals surface area contributed by atoms with Crippen LogP contribution in [0.3, 0.4) is 0 Å². The highest BCUT2D eigenvalue weighted by Crippen LogP contribution is 2.21. The van der Waals surface area contributed by atoms with Gasteiger partial charge in [0.15, 0.2) is 0 Å². The molecule has 1 aliphatic rings. The quantitative estimate of drug-likeness (QED) is 0.795. The maximum atomic E-state index is 13.3. The standard InChI is InChI=1S/C15H21BrFNO/c16-15-12(5-4-8-14(15)17)11-18-9-10-19-13-6-2-1-3-7-13/h4-5,8,13,18H,1-3,6-7,9-11H2. The number of hydrogen-bond donors (Lipinski definition) is 1. The van der Waals surface area contributed by atoms with E-state index in [1.165, 1.54) is 38.2 Å². The molecule has 4 heteroatoms. The van der Waals surface area contributed by atoms with Gasteiger partial charge in [-0.2, -0.15) is 0 Å². The zero-order valence-corrected chi connectivity index (χ0v) is 12.7. The van der Waals surface area contributed by atoms with Gasteiger partial charge in [-0.05, 0) is 40.4 Å². The Morgan fingerprint density at radius 3 is 2.84 bits per heavy atom. The second-order valence-corrected chi connectivity index (χ2v) is 5.81. The first-order chi connectivity index (χ1) is 9.27. The molecule has 0 aromatic heterocycles. The molecule has 0 heterocycles. The molecule has 2 rings (SSSR count). The summed E-state index contributed by atoms with van der Waals surface area (Å²) in [6.07, 6.45) is 6.82. The van der Waals surface area contributed by atoms with Gasteiger partial charge in [0, 0.05) is 13.1 Å². The highest BCUT2D eigenvalue weighted by Gasteiger charge is 2.13. The van der Waals surface area contributed by atoms with Crippen molar-refractivity contribution in [2.45, 2.75) is 44.8 Å². The molecule has 0 saturated heterocycles. The summed E-state index contributed by atoms with van der Waals surface area (Å²) in [6.45, 7) is 2.20. The van der Waals surface area contributed by atoms with Crippen molar-refractivity contribution in [1.29, 1.82) is 0 Å². The molecule has 0 unspecified atom stereocenters. The van der Waals surface area contributed by atoms with Crippen molar-refractivity contribution < 1.29 is 9.13 Å². The van der Waals surface area contributed by atoms with Gasteiger partial charge < -0.3 is 10.1 Å². The summed E-state index contributed by atoms with van der Waals surface area (Å²) in [5.74, 6) is -0.210. The van der Waals surface area contributed by atoms with Crippen LogP contribution in [0.4, 0.5) is 4.39 Å². The largest absolute Gasteiger partial charge is 0.377 e. The van der Waals surface area contributed by atoms with Crippen molar-refractivity contribution in [2.24, 2.45) is 0 Å². The van der Waals surface area contributed by atoms with Crippen LogP contribution in [0.15, 0.2) is 22.7 Å². The molecule has 2 nitrogen and oxygen atoms in total. The van der Waals surface area contributed by atoms with Crippen LogP contribution in [0.1, 0.15) is 37.7 Å². The molecule has 106 valence electrons. The van der Waals surface area contributed by atoms with Crippen molar-refractivity contribution in [3.8, 4) is 0 Å². The minimum absolute atomic E-state index is 0.210. The van der Waals surface area contributed by atoms with Crippen molar-refractivity contribution in [3.63, 3.8) is 0 Å². The van der Waals surface area contributed by atoms with Gasteiger partial charge in [-0.25, -0.2) is 4.39 Å². The SMILES string of the molecule is Fc1cccc(CNCCOC2CCCCC2)c1Br. The average molecular weight is 330 g/mol. The molecule has 1 N–H and O–H groups in total. The van der Waals surface area contributed by atoms with E-state index in [4.69, 9.17) is 4.74 Å². The van der Waals surface area contributed by atoms with Crippen molar-refractivity contribution in [2.75, 3.05) is 13.2 Å². The smallest absolute Gasteiger partial charge is 0.137 e. The highest BCUT2D eigenvalue weighted by molar-refractivity contribution is 9.10. The van der Waals surface area contributed by atoms with Crippen LogP contribution in [0.5, 0.6) is 0 Å². The van der Waals surface area contributed by atoms with Crippen molar-refractivity contribution in [3.05, 3.63) is 34.1 Å². The van der Waals surface area contributed by atoms with Gasteiger partial charge in [-0.15, -0.1) is 0 Å². The van der Waals surface area contributed by atoms with Crippen LogP contribution in [0.25, 0.3) is 0 Å². The summed E-state index contributed by atoms with van der Waals surface area (Å²) in [4.78, 5) is 0. The molecule has 1 fully saturated rings. The van der Waals surface area contributed by atoms with Crippen molar-refractivity contribution >= 4 is 15.9 Å². The summed E-state index contributed by atoms with van der Waals surface area (Å²) in [6, 6.07) is 5.11. The van der Waals surface area contributed by atoms with Gasteiger partial charge >= 0.3 is 0 Å². The topological polar surface area (TPSA) is 21.3 Å². The Morgan fingerprint density at radius 1 is 1.26 bits per heavy atom. The van der Waals surface area contributed by atoms with E-state index in [0.717, 1.165) is 18.7 Å². The van der Waals surface area contributed by atoms with E-state index in [0.29, 0.717) is 17.1 Å². The minimum Gasteiger partial charge on any atom is -0.377 e. The predicted octanol–water partition coefficient (Wildman–Crippen LogP) is 4.03. The van der Waals surface area contributed by atoms with Crippen LogP contribution < -0.4 is 5.32 Å². The van der Waals surface area contributed by atoms with Gasteiger partial charge in [-0.3, -0.25) is 0 Å². The van der Waals surface area contributed by atoms with E-state index in [-0.39, 0.29) is 5.82 Å². The van der Waals surface area contributed by atoms with Crippen LogP contribution in [0, 0.1) is 5.82 Å². The van der Waals surface area contributed by atoms with E-state index in [1.807, 2.05) is 6.07 Å². The van der Waals surface area contributed by atoms with Crippen molar-refractivity contribution in [1.82, 2.24) is 5.32 Å². The summed E-state index contributed by atoms with van der Waals surface area (Å²) in [5, 5.41) is 3.29. The molecule has 0 aliphatic heterocycles. The Labute approximate surface area is 122 Å². The molecular weight excluding hydrogens is 309 g/mol. The van der Waals surface area contributed by atoms with Gasteiger partial charge in [-0.1, -0.05) is 31.4 Å². The van der Waals surface area contributed by atoms with E-state index >= 15 is 0 Å². The van der Waals surface area contributed by atoms with Crippen LogP contribution in [0.2, 0.25) is 0 Å². The fraction of sp³-hybridized carbons (Fsp3) is 0.600. The minimum atomic E-state index is -0.210. The Kier molecular flexibility index (Phi) is 6.28. The lowest BCUT2D eigenvalue weighted by atomic mass is 9.98. The fourth-order valence-corrected chi connectivity index (χ4v) is 2.84. The zero-order valence-electron chi connectivity index (χ0n) is 11.1. The molecule has 0 atom stereocenters. The van der Waals surface area contributed by atoms with Gasteiger partial charge in [0.25, 0.3) is 0 Å². The van der Waals surface area contributed by atoms with E-state index < -0.39 is 0 Å². The normalized spacial score (nSPS) is 16.7. The zero-order chi connectivity index (χ0) is 13.5. The third-order valence-corrected chi connectivity index (χ3v) is 4.42. The number of halogens is 2. The molecule has 0 bridgehead atoms. The monoisotopic (exact) mass is 329 g/mol. The Bertz CT molecular complexity index is 394. The summed E-state index contributed by atoms with van der Waals surface area (Å²) in [5.41, 5.74) is 0.942. The lowest BCUT2D eigenvalue weighted by molar-refractivity contribution is 0.0302.